The number of hydrogen-bond acceptors (Lipinski definition) is 9. The van der Waals surface area contributed by atoms with Crippen molar-refractivity contribution in [1.29, 1.82) is 0 Å². The van der Waals surface area contributed by atoms with Gasteiger partial charge in [-0.2, -0.15) is 0 Å². The third kappa shape index (κ3) is 9.75. The number of fused-ring (bicyclic) bond motifs is 6. The Balaban J connectivity index is 0.000000223. The van der Waals surface area contributed by atoms with Crippen molar-refractivity contribution in [3.63, 3.8) is 0 Å². The van der Waals surface area contributed by atoms with Gasteiger partial charge in [0, 0.05) is 46.4 Å². The van der Waals surface area contributed by atoms with Crippen LogP contribution in [0.25, 0.3) is 16.7 Å². The van der Waals surface area contributed by atoms with Crippen LogP contribution in [0, 0.1) is 46.8 Å². The van der Waals surface area contributed by atoms with Crippen molar-refractivity contribution < 1.29 is 34.0 Å². The van der Waals surface area contributed by atoms with Gasteiger partial charge in [-0.3, -0.25) is 9.59 Å². The van der Waals surface area contributed by atoms with Gasteiger partial charge in [-0.05, 0) is 164 Å². The number of ether oxygens (including phenoxy) is 1. The summed E-state index contributed by atoms with van der Waals surface area (Å²) in [6, 6.07) is 9.06. The minimum absolute atomic E-state index is 0.00831. The van der Waals surface area contributed by atoms with Crippen LogP contribution in [-0.2, 0) is 20.9 Å². The average Bonchev–Trinajstić information content (AvgIpc) is 3.67. The number of H-pyrrole nitrogens is 1. The maximum atomic E-state index is 13.4. The smallest absolute Gasteiger partial charge is 0.331 e. The van der Waals surface area contributed by atoms with E-state index in [4.69, 9.17) is 4.74 Å². The molecule has 6 N–H and O–H groups in total. The number of carbonyl (C=O) groups is 2. The lowest BCUT2D eigenvalue weighted by Crippen LogP contribution is -2.65. The number of anilines is 1. The summed E-state index contributed by atoms with van der Waals surface area (Å²) in [5.41, 5.74) is 3.45. The van der Waals surface area contributed by atoms with E-state index < -0.39 is 30.0 Å². The van der Waals surface area contributed by atoms with Crippen molar-refractivity contribution >= 4 is 61.8 Å². The number of aliphatic hydroxyl groups excluding tert-OH is 2. The first-order valence-electron chi connectivity index (χ1n) is 23.0. The minimum atomic E-state index is -0.953. The molecule has 350 valence electrons. The molecule has 13 heteroatoms. The molecule has 4 fully saturated rings. The van der Waals surface area contributed by atoms with Crippen molar-refractivity contribution in [1.82, 2.24) is 10.3 Å². The molecule has 3 aromatic rings. The maximum absolute atomic E-state index is 13.4. The fourth-order valence-corrected chi connectivity index (χ4v) is 14.5. The number of halogens is 2. The highest BCUT2D eigenvalue weighted by atomic mass is 79.9. The number of benzene rings is 1. The van der Waals surface area contributed by atoms with Crippen molar-refractivity contribution in [2.75, 3.05) is 18.4 Å². The van der Waals surface area contributed by atoms with Crippen LogP contribution in [0.1, 0.15) is 122 Å². The fraction of sp³-hybridized carbons (Fsp3) is 0.588. The summed E-state index contributed by atoms with van der Waals surface area (Å²) in [4.78, 5) is 41.8. The molecule has 4 aliphatic carbocycles. The van der Waals surface area contributed by atoms with Crippen molar-refractivity contribution in [3.05, 3.63) is 89.7 Å². The van der Waals surface area contributed by atoms with E-state index in [2.05, 4.69) is 65.8 Å². The number of pyridine rings is 1. The van der Waals surface area contributed by atoms with Gasteiger partial charge in [0.15, 0.2) is 5.43 Å². The highest BCUT2D eigenvalue weighted by Crippen LogP contribution is 2.74. The van der Waals surface area contributed by atoms with E-state index >= 15 is 0 Å². The molecule has 2 heterocycles. The number of rotatable bonds is 13. The number of aliphatic hydroxyl groups is 2. The number of thiophene rings is 1. The van der Waals surface area contributed by atoms with Crippen molar-refractivity contribution in [2.45, 2.75) is 138 Å². The van der Waals surface area contributed by atoms with Crippen LogP contribution in [0.5, 0.6) is 0 Å². The zero-order valence-electron chi connectivity index (χ0n) is 38.8. The van der Waals surface area contributed by atoms with Crippen molar-refractivity contribution in [3.8, 4) is 0 Å². The Morgan fingerprint density at radius 3 is 2.45 bits per heavy atom. The standard InChI is InChI=1S/C31H48O6.C20H21BrFN3OS/c1-17(2)9-8-10-20(28(35)36)26-22-15-24(34)27-29(5)13-12-23(33)18(3)21(29)11-14-30(27,6)31(22,7)16-25(26)37-19(4)32;1-12-17(27-20(13(2)22)19(12)21)11-23-8-5-9-24-18-10-16(26)14-6-3-4-7-15(14)25-18/h9,18,21-25,27,33-34H,8,10-16H2,1-7H3,(H,35,36);3-4,6-7,10,23H,2,5,8-9,11H2,1H3,(H2,24,25,26)/b26-20+;/t18-,21-,22-,23+,24+,25-,27?,29-,30-,31-;/m0./s1. The summed E-state index contributed by atoms with van der Waals surface area (Å²) in [7, 11) is 0. The molecule has 1 aromatic carbocycles. The Kier molecular flexibility index (Phi) is 15.6. The molecular formula is C51H69BrFN3O7S. The predicted octanol–water partition coefficient (Wildman–Crippen LogP) is 10.9. The molecule has 0 amide bonds. The monoisotopic (exact) mass is 965 g/mol. The summed E-state index contributed by atoms with van der Waals surface area (Å²) < 4.78 is 20.1. The van der Waals surface area contributed by atoms with Crippen LogP contribution >= 0.6 is 27.3 Å². The molecule has 0 saturated heterocycles. The van der Waals surface area contributed by atoms with Crippen LogP contribution in [0.2, 0.25) is 0 Å². The number of aromatic amines is 1. The van der Waals surface area contributed by atoms with Gasteiger partial charge in [-0.25, -0.2) is 9.18 Å². The molecule has 4 saturated carbocycles. The second-order valence-corrected chi connectivity index (χ2v) is 21.8. The van der Waals surface area contributed by atoms with Crippen LogP contribution in [0.15, 0.2) is 69.0 Å². The van der Waals surface area contributed by atoms with Crippen LogP contribution in [0.3, 0.4) is 0 Å². The molecule has 7 rings (SSSR count). The van der Waals surface area contributed by atoms with Gasteiger partial charge in [-0.1, -0.05) is 58.1 Å². The molecule has 2 aromatic heterocycles. The number of carboxylic acids is 1. The summed E-state index contributed by atoms with van der Waals surface area (Å²) in [6.07, 6.45) is 7.12. The van der Waals surface area contributed by atoms with E-state index in [1.165, 1.54) is 18.3 Å². The third-order valence-electron chi connectivity index (χ3n) is 15.9. The molecule has 10 nitrogen and oxygen atoms in total. The van der Waals surface area contributed by atoms with Gasteiger partial charge in [0.25, 0.3) is 0 Å². The second kappa shape index (κ2) is 20.1. The van der Waals surface area contributed by atoms with E-state index in [9.17, 15) is 34.1 Å². The predicted molar refractivity (Wildman–Crippen MR) is 259 cm³/mol. The maximum Gasteiger partial charge on any atom is 0.331 e. The summed E-state index contributed by atoms with van der Waals surface area (Å²) in [6.45, 7) is 22.0. The van der Waals surface area contributed by atoms with E-state index in [0.29, 0.717) is 54.0 Å². The first-order chi connectivity index (χ1) is 30.1. The number of hydrogen-bond donors (Lipinski definition) is 6. The molecular weight excluding hydrogens is 898 g/mol. The molecule has 10 atom stereocenters. The number of para-hydroxylation sites is 1. The second-order valence-electron chi connectivity index (χ2n) is 19.9. The quantitative estimate of drug-likeness (QED) is 0.0424. The van der Waals surface area contributed by atoms with E-state index in [1.807, 2.05) is 51.1 Å². The van der Waals surface area contributed by atoms with Gasteiger partial charge in [0.2, 0.25) is 0 Å². The van der Waals surface area contributed by atoms with Crippen LogP contribution in [0.4, 0.5) is 10.2 Å². The minimum Gasteiger partial charge on any atom is -0.478 e. The summed E-state index contributed by atoms with van der Waals surface area (Å²) in [5, 5.41) is 40.2. The van der Waals surface area contributed by atoms with Crippen molar-refractivity contribution in [2.24, 2.45) is 39.9 Å². The number of nitrogens with one attached hydrogen (secondary N) is 3. The molecule has 4 aliphatic rings. The third-order valence-corrected chi connectivity index (χ3v) is 18.4. The molecule has 0 aliphatic heterocycles. The van der Waals surface area contributed by atoms with Gasteiger partial charge in [-0.15, -0.1) is 11.3 Å². The number of aromatic nitrogens is 1. The lowest BCUT2D eigenvalue weighted by molar-refractivity contribution is -0.234. The SMILES string of the molecule is C=C(F)c1sc(CNCCCNc2cc(=O)c3ccccc3[nH]2)c(C)c1Br.CC(=O)O[C@H]1C[C@@]2(C)[C@@H](C[C@@H](O)C3[C@]2(C)CC[C@H]2[C@H](C)[C@H](O)CC[C@]32C)/C1=C(/CCC=C(C)C)C(=O)O. The highest BCUT2D eigenvalue weighted by molar-refractivity contribution is 9.10. The number of aliphatic carboxylic acids is 1. The molecule has 0 spiro atoms. The Hall–Kier alpha value is -3.62. The Morgan fingerprint density at radius 2 is 1.80 bits per heavy atom. The Morgan fingerprint density at radius 1 is 1.08 bits per heavy atom. The van der Waals surface area contributed by atoms with Crippen LogP contribution in [-0.4, -0.2) is 63.6 Å². The number of carboxylic acid groups (broad SMARTS) is 1. The lowest BCUT2D eigenvalue weighted by Gasteiger charge is -2.69. The van der Waals surface area contributed by atoms with Gasteiger partial charge >= 0.3 is 11.9 Å². The number of esters is 1. The molecule has 0 radical (unpaired) electrons. The zero-order chi connectivity index (χ0) is 46.9. The number of allylic oxidation sites excluding steroid dienone is 2. The zero-order valence-corrected chi connectivity index (χ0v) is 41.2. The first kappa shape index (κ1) is 49.8. The van der Waals surface area contributed by atoms with E-state index in [1.54, 1.807) is 6.07 Å². The average molecular weight is 967 g/mol. The summed E-state index contributed by atoms with van der Waals surface area (Å²) in [5.74, 6) is -0.592. The lowest BCUT2D eigenvalue weighted by atomic mass is 9.36. The topological polar surface area (TPSA) is 161 Å². The van der Waals surface area contributed by atoms with Gasteiger partial charge in [0.1, 0.15) is 17.7 Å². The number of carbonyl (C=O) groups excluding carboxylic acids is 1. The summed E-state index contributed by atoms with van der Waals surface area (Å²) >= 11 is 4.85. The molecule has 1 unspecified atom stereocenters. The Bertz CT molecular complexity index is 2350. The first-order valence-corrected chi connectivity index (χ1v) is 24.6. The fourth-order valence-electron chi connectivity index (χ4n) is 12.6. The van der Waals surface area contributed by atoms with E-state index in [-0.39, 0.29) is 45.5 Å². The van der Waals surface area contributed by atoms with E-state index in [0.717, 1.165) is 82.6 Å². The van der Waals surface area contributed by atoms with Gasteiger partial charge in [0.05, 0.1) is 22.6 Å². The highest BCUT2D eigenvalue weighted by Gasteiger charge is 2.70. The Labute approximate surface area is 390 Å². The normalized spacial score (nSPS) is 31.4. The molecule has 0 bridgehead atoms. The molecule has 64 heavy (non-hydrogen) atoms. The largest absolute Gasteiger partial charge is 0.478 e. The van der Waals surface area contributed by atoms with Crippen LogP contribution < -0.4 is 16.1 Å². The van der Waals surface area contributed by atoms with Gasteiger partial charge < -0.3 is 35.7 Å².